The minimum atomic E-state index is -0.490. The number of nitrogens with two attached hydrogens (primary N) is 1. The third-order valence-corrected chi connectivity index (χ3v) is 2.75. The predicted octanol–water partition coefficient (Wildman–Crippen LogP) is 1.15. The number of aromatic nitrogens is 3. The van der Waals surface area contributed by atoms with E-state index in [4.69, 9.17) is 5.73 Å². The first kappa shape index (κ1) is 13.9. The molecule has 20 heavy (non-hydrogen) atoms. The highest BCUT2D eigenvalue weighted by molar-refractivity contribution is 5.88. The largest absolute Gasteiger partial charge is 0.464 e. The second-order valence-electron chi connectivity index (χ2n) is 4.43. The normalized spacial score (nSPS) is 11.9. The molecule has 2 rings (SSSR count). The number of hydrogen-bond acceptors (Lipinski definition) is 6. The molecule has 0 aliphatic carbocycles. The van der Waals surface area contributed by atoms with E-state index in [0.717, 1.165) is 0 Å². The van der Waals surface area contributed by atoms with Crippen LogP contribution in [0.3, 0.4) is 0 Å². The zero-order chi connectivity index (χ0) is 14.5. The lowest BCUT2D eigenvalue weighted by Gasteiger charge is -2.16. The van der Waals surface area contributed by atoms with Crippen LogP contribution in [0.25, 0.3) is 0 Å². The molecule has 1 unspecified atom stereocenters. The van der Waals surface area contributed by atoms with Gasteiger partial charge in [0.2, 0.25) is 0 Å². The van der Waals surface area contributed by atoms with Gasteiger partial charge in [0.25, 0.3) is 0 Å². The molecule has 2 aromatic rings. The number of carbonyl (C=O) groups excluding carboxylic acids is 1. The number of imidazole rings is 1. The maximum atomic E-state index is 11.5. The van der Waals surface area contributed by atoms with Crippen molar-refractivity contribution in [1.82, 2.24) is 14.5 Å². The van der Waals surface area contributed by atoms with Gasteiger partial charge in [-0.25, -0.2) is 14.8 Å². The van der Waals surface area contributed by atoms with Crippen LogP contribution >= 0.6 is 0 Å². The second-order valence-corrected chi connectivity index (χ2v) is 4.43. The lowest BCUT2D eigenvalue weighted by molar-refractivity contribution is 0.0594. The molecule has 7 nitrogen and oxygen atoms in total. The molecular formula is C13H17N5O2. The monoisotopic (exact) mass is 275 g/mol. The van der Waals surface area contributed by atoms with Crippen molar-refractivity contribution < 1.29 is 9.53 Å². The first-order chi connectivity index (χ1) is 9.60. The molecule has 0 spiro atoms. The molecule has 0 aliphatic rings. The van der Waals surface area contributed by atoms with Gasteiger partial charge in [-0.2, -0.15) is 0 Å². The Balaban J connectivity index is 2.09. The highest BCUT2D eigenvalue weighted by atomic mass is 16.5. The number of nitrogen functional groups attached to an aromatic ring is 1. The summed E-state index contributed by atoms with van der Waals surface area (Å²) in [4.78, 5) is 19.6. The Kier molecular flexibility index (Phi) is 4.19. The summed E-state index contributed by atoms with van der Waals surface area (Å²) in [5.41, 5.74) is 6.56. The molecular weight excluding hydrogens is 258 g/mol. The molecule has 0 aromatic carbocycles. The Bertz CT molecular complexity index is 582. The molecule has 0 amide bonds. The van der Waals surface area contributed by atoms with E-state index in [1.54, 1.807) is 18.6 Å². The van der Waals surface area contributed by atoms with Gasteiger partial charge in [0.1, 0.15) is 5.82 Å². The van der Waals surface area contributed by atoms with Gasteiger partial charge in [0, 0.05) is 25.0 Å². The van der Waals surface area contributed by atoms with Gasteiger partial charge in [0.05, 0.1) is 19.1 Å². The Morgan fingerprint density at radius 1 is 1.55 bits per heavy atom. The van der Waals surface area contributed by atoms with Crippen molar-refractivity contribution in [3.8, 4) is 0 Å². The number of hydrogen-bond donors (Lipinski definition) is 2. The summed E-state index contributed by atoms with van der Waals surface area (Å²) in [5.74, 6) is -0.0178. The summed E-state index contributed by atoms with van der Waals surface area (Å²) in [6.07, 6.45) is 5.33. The number of carbonyl (C=O) groups is 1. The van der Waals surface area contributed by atoms with Crippen LogP contribution in [-0.4, -0.2) is 33.7 Å². The average molecular weight is 275 g/mol. The third kappa shape index (κ3) is 3.25. The Labute approximate surface area is 116 Å². The zero-order valence-corrected chi connectivity index (χ0v) is 11.4. The second kappa shape index (κ2) is 6.05. The molecule has 7 heteroatoms. The molecule has 2 heterocycles. The summed E-state index contributed by atoms with van der Waals surface area (Å²) in [6.45, 7) is 2.70. The molecule has 0 aliphatic heterocycles. The standard InChI is InChI=1S/C13H17N5O2/c1-9(7-18-6-5-15-8-18)16-12-10(14)3-4-11(17-12)13(19)20-2/h3-6,8-9H,7,14H2,1-2H3,(H,16,17). The fourth-order valence-corrected chi connectivity index (χ4v) is 1.79. The smallest absolute Gasteiger partial charge is 0.356 e. The number of pyridine rings is 1. The van der Waals surface area contributed by atoms with Crippen LogP contribution in [0.2, 0.25) is 0 Å². The topological polar surface area (TPSA) is 95.1 Å². The molecule has 3 N–H and O–H groups in total. The van der Waals surface area contributed by atoms with Crippen LogP contribution < -0.4 is 11.1 Å². The van der Waals surface area contributed by atoms with Crippen LogP contribution in [0.1, 0.15) is 17.4 Å². The van der Waals surface area contributed by atoms with Gasteiger partial charge < -0.3 is 20.4 Å². The number of nitrogens with one attached hydrogen (secondary N) is 1. The van der Waals surface area contributed by atoms with Crippen molar-refractivity contribution in [2.45, 2.75) is 19.5 Å². The van der Waals surface area contributed by atoms with Crippen molar-refractivity contribution in [1.29, 1.82) is 0 Å². The number of nitrogens with zero attached hydrogens (tertiary/aromatic N) is 3. The van der Waals surface area contributed by atoms with Crippen LogP contribution in [0.15, 0.2) is 30.9 Å². The summed E-state index contributed by atoms with van der Waals surface area (Å²) in [5, 5.41) is 3.18. The van der Waals surface area contributed by atoms with E-state index < -0.39 is 5.97 Å². The van der Waals surface area contributed by atoms with Crippen LogP contribution in [0, 0.1) is 0 Å². The Morgan fingerprint density at radius 3 is 3.00 bits per heavy atom. The number of ether oxygens (including phenoxy) is 1. The molecule has 2 aromatic heterocycles. The first-order valence-electron chi connectivity index (χ1n) is 6.17. The maximum Gasteiger partial charge on any atom is 0.356 e. The SMILES string of the molecule is COC(=O)c1ccc(N)c(NC(C)Cn2ccnc2)n1. The highest BCUT2D eigenvalue weighted by Gasteiger charge is 2.12. The summed E-state index contributed by atoms with van der Waals surface area (Å²) >= 11 is 0. The number of anilines is 2. The molecule has 0 saturated carbocycles. The molecule has 1 atom stereocenters. The van der Waals surface area contributed by atoms with Crippen molar-refractivity contribution in [2.24, 2.45) is 0 Å². The van der Waals surface area contributed by atoms with Gasteiger partial charge in [-0.15, -0.1) is 0 Å². The van der Waals surface area contributed by atoms with E-state index >= 15 is 0 Å². The summed E-state index contributed by atoms with van der Waals surface area (Å²) in [6, 6.07) is 3.24. The van der Waals surface area contributed by atoms with Crippen LogP contribution in [0.5, 0.6) is 0 Å². The minimum absolute atomic E-state index is 0.0758. The lowest BCUT2D eigenvalue weighted by atomic mass is 10.3. The van der Waals surface area contributed by atoms with Gasteiger partial charge in [0.15, 0.2) is 5.69 Å². The van der Waals surface area contributed by atoms with E-state index in [-0.39, 0.29) is 11.7 Å². The Hall–Kier alpha value is -2.57. The van der Waals surface area contributed by atoms with Crippen LogP contribution in [-0.2, 0) is 11.3 Å². The van der Waals surface area contributed by atoms with Crippen molar-refractivity contribution in [2.75, 3.05) is 18.2 Å². The summed E-state index contributed by atoms with van der Waals surface area (Å²) < 4.78 is 6.58. The average Bonchev–Trinajstić information content (AvgIpc) is 2.93. The molecule has 0 saturated heterocycles. The van der Waals surface area contributed by atoms with E-state index in [9.17, 15) is 4.79 Å². The fourth-order valence-electron chi connectivity index (χ4n) is 1.79. The van der Waals surface area contributed by atoms with Crippen molar-refractivity contribution in [3.05, 3.63) is 36.5 Å². The fraction of sp³-hybridized carbons (Fsp3) is 0.308. The van der Waals surface area contributed by atoms with E-state index in [0.29, 0.717) is 18.1 Å². The first-order valence-corrected chi connectivity index (χ1v) is 6.17. The van der Waals surface area contributed by atoms with Gasteiger partial charge in [-0.1, -0.05) is 0 Å². The predicted molar refractivity (Wildman–Crippen MR) is 75.3 cm³/mol. The Morgan fingerprint density at radius 2 is 2.35 bits per heavy atom. The highest BCUT2D eigenvalue weighted by Crippen LogP contribution is 2.17. The third-order valence-electron chi connectivity index (χ3n) is 2.75. The van der Waals surface area contributed by atoms with E-state index in [1.165, 1.54) is 13.2 Å². The molecule has 0 fully saturated rings. The van der Waals surface area contributed by atoms with Crippen LogP contribution in [0.4, 0.5) is 11.5 Å². The molecule has 106 valence electrons. The van der Waals surface area contributed by atoms with Gasteiger partial charge in [-0.05, 0) is 19.1 Å². The summed E-state index contributed by atoms with van der Waals surface area (Å²) in [7, 11) is 1.31. The van der Waals surface area contributed by atoms with E-state index in [1.807, 2.05) is 17.7 Å². The van der Waals surface area contributed by atoms with Gasteiger partial charge >= 0.3 is 5.97 Å². The maximum absolute atomic E-state index is 11.5. The molecule has 0 bridgehead atoms. The number of rotatable bonds is 5. The van der Waals surface area contributed by atoms with Gasteiger partial charge in [-0.3, -0.25) is 0 Å². The van der Waals surface area contributed by atoms with Crippen molar-refractivity contribution in [3.63, 3.8) is 0 Å². The quantitative estimate of drug-likeness (QED) is 0.795. The number of methoxy groups -OCH3 is 1. The van der Waals surface area contributed by atoms with Crippen molar-refractivity contribution >= 4 is 17.5 Å². The zero-order valence-electron chi connectivity index (χ0n) is 11.4. The number of esters is 1. The van der Waals surface area contributed by atoms with E-state index in [2.05, 4.69) is 20.0 Å². The minimum Gasteiger partial charge on any atom is -0.464 e. The lowest BCUT2D eigenvalue weighted by Crippen LogP contribution is -2.23. The molecule has 0 radical (unpaired) electrons.